The largest absolute Gasteiger partial charge is 0.480 e. The van der Waals surface area contributed by atoms with E-state index in [4.69, 9.17) is 9.84 Å². The molecule has 0 saturated carbocycles. The molecule has 7 nitrogen and oxygen atoms in total. The summed E-state index contributed by atoms with van der Waals surface area (Å²) in [4.78, 5) is 19.9. The maximum atomic E-state index is 12.8. The lowest BCUT2D eigenvalue weighted by molar-refractivity contribution is -0.385. The Balaban J connectivity index is 2.65. The van der Waals surface area contributed by atoms with Gasteiger partial charge in [-0.05, 0) is 6.07 Å². The molecule has 0 aliphatic rings. The van der Waals surface area contributed by atoms with Gasteiger partial charge in [0.05, 0.1) is 11.5 Å². The molecule has 0 aromatic heterocycles. The normalized spacial score (nSPS) is 10.6. The third-order valence-electron chi connectivity index (χ3n) is 2.27. The number of nitrogens with zero attached hydrogens (tertiary/aromatic N) is 1. The third-order valence-corrected chi connectivity index (χ3v) is 2.27. The molecule has 0 heterocycles. The van der Waals surface area contributed by atoms with Gasteiger partial charge >= 0.3 is 5.97 Å². The highest BCUT2D eigenvalue weighted by Crippen LogP contribution is 2.30. The van der Waals surface area contributed by atoms with E-state index in [-0.39, 0.29) is 18.8 Å². The van der Waals surface area contributed by atoms with Crippen molar-refractivity contribution in [3.63, 3.8) is 0 Å². The van der Waals surface area contributed by atoms with Crippen LogP contribution >= 0.6 is 0 Å². The molecule has 0 aliphatic heterocycles. The maximum Gasteiger partial charge on any atom is 0.329 e. The molecule has 20 heavy (non-hydrogen) atoms. The van der Waals surface area contributed by atoms with Gasteiger partial charge in [0.2, 0.25) is 0 Å². The highest BCUT2D eigenvalue weighted by molar-refractivity contribution is 5.68. The summed E-state index contributed by atoms with van der Waals surface area (Å²) in [5.74, 6) is -1.13. The number of ether oxygens (including phenoxy) is 1. The van der Waals surface area contributed by atoms with Crippen molar-refractivity contribution >= 4 is 17.3 Å². The number of halogens is 2. The van der Waals surface area contributed by atoms with Crippen molar-refractivity contribution in [3.05, 3.63) is 33.9 Å². The van der Waals surface area contributed by atoms with E-state index in [0.717, 1.165) is 12.1 Å². The quantitative estimate of drug-likeness (QED) is 0.431. The molecule has 0 fully saturated rings. The summed E-state index contributed by atoms with van der Waals surface area (Å²) in [5.41, 5.74) is -0.866. The van der Waals surface area contributed by atoms with Gasteiger partial charge in [-0.15, -0.1) is 0 Å². The van der Waals surface area contributed by atoms with Crippen molar-refractivity contribution in [2.45, 2.75) is 6.43 Å². The van der Waals surface area contributed by atoms with Crippen LogP contribution in [0.25, 0.3) is 0 Å². The Morgan fingerprint density at radius 1 is 1.50 bits per heavy atom. The summed E-state index contributed by atoms with van der Waals surface area (Å²) in [6.45, 7) is -0.375. The zero-order chi connectivity index (χ0) is 15.1. The number of aliphatic carboxylic acids is 1. The summed E-state index contributed by atoms with van der Waals surface area (Å²) >= 11 is 0. The number of nitro groups is 1. The van der Waals surface area contributed by atoms with E-state index in [1.807, 2.05) is 0 Å². The predicted molar refractivity (Wildman–Crippen MR) is 65.0 cm³/mol. The molecule has 2 N–H and O–H groups in total. The van der Waals surface area contributed by atoms with E-state index >= 15 is 0 Å². The molecule has 1 aromatic carbocycles. The lowest BCUT2D eigenvalue weighted by Crippen LogP contribution is -2.14. The summed E-state index contributed by atoms with van der Waals surface area (Å²) in [6, 6.07) is 3.08. The molecule has 9 heteroatoms. The number of nitro benzene ring substituents is 1. The molecule has 0 amide bonds. The maximum absolute atomic E-state index is 12.8. The van der Waals surface area contributed by atoms with Crippen molar-refractivity contribution < 1.29 is 28.3 Å². The molecule has 0 aliphatic carbocycles. The smallest absolute Gasteiger partial charge is 0.329 e. The van der Waals surface area contributed by atoms with Crippen molar-refractivity contribution in [3.8, 4) is 0 Å². The van der Waals surface area contributed by atoms with Gasteiger partial charge in [0.25, 0.3) is 12.1 Å². The number of benzene rings is 1. The first kappa shape index (κ1) is 15.8. The first-order valence-corrected chi connectivity index (χ1v) is 5.51. The zero-order valence-corrected chi connectivity index (χ0v) is 10.2. The third kappa shape index (κ3) is 4.76. The number of carboxylic acid groups (broad SMARTS) is 1. The van der Waals surface area contributed by atoms with Gasteiger partial charge in [0.1, 0.15) is 6.61 Å². The fraction of sp³-hybridized carbons (Fsp3) is 0.364. The number of nitrogens with one attached hydrogen (secondary N) is 1. The molecule has 1 aromatic rings. The van der Waals surface area contributed by atoms with Gasteiger partial charge in [-0.3, -0.25) is 10.1 Å². The van der Waals surface area contributed by atoms with E-state index in [1.54, 1.807) is 0 Å². The standard InChI is InChI=1S/C11H12F2N2O5/c12-11(13)8-5-7(15(18)19)1-2-9(8)14-3-4-20-6-10(16)17/h1-2,5,11,14H,3-4,6H2,(H,16,17). The molecule has 0 atom stereocenters. The SMILES string of the molecule is O=C(O)COCCNc1ccc([N+](=O)[O-])cc1C(F)F. The van der Waals surface area contributed by atoms with Crippen molar-refractivity contribution in [1.82, 2.24) is 0 Å². The fourth-order valence-electron chi connectivity index (χ4n) is 1.42. The molecular formula is C11H12F2N2O5. The van der Waals surface area contributed by atoms with E-state index in [0.29, 0.717) is 0 Å². The molecule has 1 rings (SSSR count). The second-order valence-corrected chi connectivity index (χ2v) is 3.70. The first-order chi connectivity index (χ1) is 9.41. The van der Waals surface area contributed by atoms with Gasteiger partial charge in [-0.25, -0.2) is 13.6 Å². The Morgan fingerprint density at radius 2 is 2.20 bits per heavy atom. The minimum absolute atomic E-state index is 0.00592. The molecule has 0 saturated heterocycles. The van der Waals surface area contributed by atoms with Crippen LogP contribution in [0.4, 0.5) is 20.2 Å². The molecule has 0 unspecified atom stereocenters. The van der Waals surface area contributed by atoms with Crippen LogP contribution in [-0.4, -0.2) is 35.8 Å². The summed E-state index contributed by atoms with van der Waals surface area (Å²) in [5, 5.41) is 21.4. The fourth-order valence-corrected chi connectivity index (χ4v) is 1.42. The van der Waals surface area contributed by atoms with Crippen molar-refractivity contribution in [2.24, 2.45) is 0 Å². The Hall–Kier alpha value is -2.29. The van der Waals surface area contributed by atoms with Gasteiger partial charge < -0.3 is 15.2 Å². The lowest BCUT2D eigenvalue weighted by Gasteiger charge is -2.11. The number of rotatable bonds is 8. The Kier molecular flexibility index (Phi) is 5.78. The summed E-state index contributed by atoms with van der Waals surface area (Å²) in [7, 11) is 0. The number of hydrogen-bond acceptors (Lipinski definition) is 5. The Morgan fingerprint density at radius 3 is 2.75 bits per heavy atom. The van der Waals surface area contributed by atoms with Crippen LogP contribution in [-0.2, 0) is 9.53 Å². The first-order valence-electron chi connectivity index (χ1n) is 5.51. The monoisotopic (exact) mass is 290 g/mol. The number of alkyl halides is 2. The van der Waals surface area contributed by atoms with E-state index < -0.39 is 35.2 Å². The van der Waals surface area contributed by atoms with Crippen molar-refractivity contribution in [1.29, 1.82) is 0 Å². The van der Waals surface area contributed by atoms with Gasteiger partial charge in [-0.2, -0.15) is 0 Å². The van der Waals surface area contributed by atoms with Crippen LogP contribution in [0.2, 0.25) is 0 Å². The number of carbonyl (C=O) groups is 1. The van der Waals surface area contributed by atoms with Crippen LogP contribution in [0.1, 0.15) is 12.0 Å². The van der Waals surface area contributed by atoms with Crippen LogP contribution < -0.4 is 5.32 Å². The molecule has 0 radical (unpaired) electrons. The average molecular weight is 290 g/mol. The van der Waals surface area contributed by atoms with Gasteiger partial charge in [-0.1, -0.05) is 0 Å². The predicted octanol–water partition coefficient (Wildman–Crippen LogP) is 2.05. The number of anilines is 1. The Labute approximate surface area is 112 Å². The lowest BCUT2D eigenvalue weighted by atomic mass is 10.1. The second kappa shape index (κ2) is 7.34. The minimum atomic E-state index is -2.86. The molecular weight excluding hydrogens is 278 g/mol. The van der Waals surface area contributed by atoms with E-state index in [9.17, 15) is 23.7 Å². The topological polar surface area (TPSA) is 102 Å². The second-order valence-electron chi connectivity index (χ2n) is 3.70. The number of non-ortho nitro benzene ring substituents is 1. The van der Waals surface area contributed by atoms with Gasteiger partial charge in [0.15, 0.2) is 0 Å². The van der Waals surface area contributed by atoms with E-state index in [1.165, 1.54) is 6.07 Å². The summed E-state index contributed by atoms with van der Waals surface area (Å²) in [6.07, 6.45) is -2.86. The summed E-state index contributed by atoms with van der Waals surface area (Å²) < 4.78 is 30.3. The minimum Gasteiger partial charge on any atom is -0.480 e. The zero-order valence-electron chi connectivity index (χ0n) is 10.2. The highest BCUT2D eigenvalue weighted by Gasteiger charge is 2.17. The van der Waals surface area contributed by atoms with Crippen LogP contribution in [0.15, 0.2) is 18.2 Å². The van der Waals surface area contributed by atoms with Crippen LogP contribution in [0.3, 0.4) is 0 Å². The van der Waals surface area contributed by atoms with Gasteiger partial charge in [0, 0.05) is 29.9 Å². The van der Waals surface area contributed by atoms with Crippen LogP contribution in [0.5, 0.6) is 0 Å². The van der Waals surface area contributed by atoms with Crippen LogP contribution in [0, 0.1) is 10.1 Å². The Bertz CT molecular complexity index is 496. The highest BCUT2D eigenvalue weighted by atomic mass is 19.3. The molecule has 110 valence electrons. The number of hydrogen-bond donors (Lipinski definition) is 2. The average Bonchev–Trinajstić information content (AvgIpc) is 2.37. The molecule has 0 spiro atoms. The van der Waals surface area contributed by atoms with E-state index in [2.05, 4.69) is 5.32 Å². The van der Waals surface area contributed by atoms with Crippen molar-refractivity contribution in [2.75, 3.05) is 25.1 Å². The number of carboxylic acids is 1. The molecule has 0 bridgehead atoms.